The zero-order valence-corrected chi connectivity index (χ0v) is 14.6. The summed E-state index contributed by atoms with van der Waals surface area (Å²) in [6.45, 7) is 1.96. The number of nitro groups is 1. The zero-order chi connectivity index (χ0) is 16.6. The van der Waals surface area contributed by atoms with Crippen LogP contribution in [0.2, 0.25) is 0 Å². The highest BCUT2D eigenvalue weighted by atomic mass is 79.9. The minimum atomic E-state index is -0.418. The van der Waals surface area contributed by atoms with Crippen molar-refractivity contribution in [1.29, 1.82) is 0 Å². The Morgan fingerprint density at radius 1 is 1.30 bits per heavy atom. The fourth-order valence-corrected chi connectivity index (χ4v) is 3.93. The lowest BCUT2D eigenvalue weighted by atomic mass is 10.1. The molecule has 7 heteroatoms. The van der Waals surface area contributed by atoms with Crippen LogP contribution in [0.1, 0.15) is 16.5 Å². The molecule has 2 aromatic rings. The molecule has 1 amide bonds. The van der Waals surface area contributed by atoms with Crippen LogP contribution < -0.4 is 4.90 Å². The summed E-state index contributed by atoms with van der Waals surface area (Å²) in [6, 6.07) is 12.2. The molecular formula is C16H13BrN2O3S. The lowest BCUT2D eigenvalue weighted by Gasteiger charge is -2.24. The second kappa shape index (κ2) is 6.33. The lowest BCUT2D eigenvalue weighted by molar-refractivity contribution is -0.384. The third kappa shape index (κ3) is 3.11. The normalized spacial score (nSPS) is 17.6. The largest absolute Gasteiger partial charge is 0.295 e. The molecule has 5 nitrogen and oxygen atoms in total. The Balaban J connectivity index is 2.01. The number of anilines is 1. The van der Waals surface area contributed by atoms with Crippen molar-refractivity contribution < 1.29 is 9.72 Å². The Hall–Kier alpha value is -1.86. The number of amides is 1. The van der Waals surface area contributed by atoms with Crippen LogP contribution in [-0.2, 0) is 4.79 Å². The van der Waals surface area contributed by atoms with E-state index in [2.05, 4.69) is 15.9 Å². The van der Waals surface area contributed by atoms with Crippen LogP contribution in [0.25, 0.3) is 0 Å². The second-order valence-corrected chi connectivity index (χ2v) is 7.14. The molecule has 0 spiro atoms. The van der Waals surface area contributed by atoms with Crippen LogP contribution >= 0.6 is 27.7 Å². The van der Waals surface area contributed by atoms with E-state index in [0.29, 0.717) is 5.75 Å². The summed E-state index contributed by atoms with van der Waals surface area (Å²) in [7, 11) is 0. The maximum absolute atomic E-state index is 12.3. The van der Waals surface area contributed by atoms with E-state index in [1.807, 2.05) is 31.2 Å². The number of benzene rings is 2. The van der Waals surface area contributed by atoms with Gasteiger partial charge in [0.1, 0.15) is 5.37 Å². The van der Waals surface area contributed by atoms with Crippen molar-refractivity contribution in [3.05, 3.63) is 68.2 Å². The Labute approximate surface area is 146 Å². The fourth-order valence-electron chi connectivity index (χ4n) is 2.52. The van der Waals surface area contributed by atoms with E-state index in [0.717, 1.165) is 21.3 Å². The Bertz CT molecular complexity index is 797. The number of aryl methyl sites for hydroxylation is 1. The van der Waals surface area contributed by atoms with Crippen molar-refractivity contribution >= 4 is 45.0 Å². The summed E-state index contributed by atoms with van der Waals surface area (Å²) in [5.74, 6) is 0.371. The van der Waals surface area contributed by atoms with Gasteiger partial charge in [0.15, 0.2) is 0 Å². The van der Waals surface area contributed by atoms with Crippen LogP contribution in [-0.4, -0.2) is 16.6 Å². The molecule has 1 aliphatic heterocycles. The molecule has 0 aliphatic carbocycles. The first-order chi connectivity index (χ1) is 11.0. The van der Waals surface area contributed by atoms with E-state index in [1.54, 1.807) is 11.0 Å². The summed E-state index contributed by atoms with van der Waals surface area (Å²) in [4.78, 5) is 24.6. The molecule has 0 saturated carbocycles. The maximum Gasteiger partial charge on any atom is 0.269 e. The van der Waals surface area contributed by atoms with Gasteiger partial charge in [0.05, 0.1) is 10.7 Å². The number of carbonyl (C=O) groups excluding carboxylic acids is 1. The van der Waals surface area contributed by atoms with E-state index in [1.165, 1.54) is 23.9 Å². The molecule has 1 aliphatic rings. The van der Waals surface area contributed by atoms with Crippen LogP contribution in [0.15, 0.2) is 46.9 Å². The maximum atomic E-state index is 12.3. The second-order valence-electron chi connectivity index (χ2n) is 5.21. The molecule has 1 heterocycles. The number of nitrogens with zero attached hydrogens (tertiary/aromatic N) is 2. The molecule has 3 rings (SSSR count). The zero-order valence-electron chi connectivity index (χ0n) is 12.2. The van der Waals surface area contributed by atoms with Crippen LogP contribution in [0.3, 0.4) is 0 Å². The first kappa shape index (κ1) is 16.0. The highest BCUT2D eigenvalue weighted by Gasteiger charge is 2.34. The van der Waals surface area contributed by atoms with Gasteiger partial charge in [-0.1, -0.05) is 28.1 Å². The number of rotatable bonds is 3. The molecule has 0 aromatic heterocycles. The SMILES string of the molecule is Cc1cc(N2C(=O)CSC2c2cccc([N+](=O)[O-])c2)ccc1Br. The van der Waals surface area contributed by atoms with Crippen molar-refractivity contribution in [1.82, 2.24) is 0 Å². The van der Waals surface area contributed by atoms with Crippen molar-refractivity contribution in [2.45, 2.75) is 12.3 Å². The molecule has 0 bridgehead atoms. The summed E-state index contributed by atoms with van der Waals surface area (Å²) >= 11 is 4.93. The van der Waals surface area contributed by atoms with Crippen LogP contribution in [0.4, 0.5) is 11.4 Å². The van der Waals surface area contributed by atoms with Crippen molar-refractivity contribution in [3.8, 4) is 0 Å². The van der Waals surface area contributed by atoms with Gasteiger partial charge in [-0.15, -0.1) is 11.8 Å². The van der Waals surface area contributed by atoms with Crippen molar-refractivity contribution in [2.75, 3.05) is 10.7 Å². The number of thioether (sulfide) groups is 1. The number of nitro benzene ring substituents is 1. The topological polar surface area (TPSA) is 63.5 Å². The average Bonchev–Trinajstić information content (AvgIpc) is 2.92. The molecule has 1 saturated heterocycles. The summed E-state index contributed by atoms with van der Waals surface area (Å²) in [5.41, 5.74) is 2.63. The first-order valence-corrected chi connectivity index (χ1v) is 8.76. The van der Waals surface area contributed by atoms with Gasteiger partial charge in [-0.3, -0.25) is 19.8 Å². The first-order valence-electron chi connectivity index (χ1n) is 6.91. The minimum Gasteiger partial charge on any atom is -0.295 e. The molecule has 1 unspecified atom stereocenters. The van der Waals surface area contributed by atoms with Gasteiger partial charge < -0.3 is 0 Å². The third-order valence-corrected chi connectivity index (χ3v) is 5.76. The number of halogens is 1. The predicted octanol–water partition coefficient (Wildman–Crippen LogP) is 4.44. The molecular weight excluding hydrogens is 380 g/mol. The summed E-state index contributed by atoms with van der Waals surface area (Å²) < 4.78 is 0.979. The predicted molar refractivity (Wildman–Crippen MR) is 94.7 cm³/mol. The molecule has 0 radical (unpaired) electrons. The Morgan fingerprint density at radius 3 is 2.78 bits per heavy atom. The third-order valence-electron chi connectivity index (χ3n) is 3.65. The van der Waals surface area contributed by atoms with Crippen molar-refractivity contribution in [2.24, 2.45) is 0 Å². The average molecular weight is 393 g/mol. The van der Waals surface area contributed by atoms with Crippen molar-refractivity contribution in [3.63, 3.8) is 0 Å². The Morgan fingerprint density at radius 2 is 2.09 bits per heavy atom. The van der Waals surface area contributed by atoms with Gasteiger partial charge in [-0.05, 0) is 36.2 Å². The monoisotopic (exact) mass is 392 g/mol. The van der Waals surface area contributed by atoms with E-state index >= 15 is 0 Å². The fraction of sp³-hybridized carbons (Fsp3) is 0.188. The van der Waals surface area contributed by atoms with Gasteiger partial charge in [-0.25, -0.2) is 0 Å². The summed E-state index contributed by atoms with van der Waals surface area (Å²) in [6.07, 6.45) is 0. The van der Waals surface area contributed by atoms with Gasteiger partial charge in [0.2, 0.25) is 5.91 Å². The molecule has 2 aromatic carbocycles. The minimum absolute atomic E-state index is 0.00762. The van der Waals surface area contributed by atoms with E-state index in [9.17, 15) is 14.9 Å². The van der Waals surface area contributed by atoms with E-state index in [4.69, 9.17) is 0 Å². The van der Waals surface area contributed by atoms with E-state index in [-0.39, 0.29) is 17.0 Å². The highest BCUT2D eigenvalue weighted by Crippen LogP contribution is 2.43. The Kier molecular flexibility index (Phi) is 4.41. The molecule has 23 heavy (non-hydrogen) atoms. The van der Waals surface area contributed by atoms with Gasteiger partial charge in [0, 0.05) is 22.3 Å². The lowest BCUT2D eigenvalue weighted by Crippen LogP contribution is -2.27. The molecule has 0 N–H and O–H groups in total. The molecule has 118 valence electrons. The number of hydrogen-bond donors (Lipinski definition) is 0. The van der Waals surface area contributed by atoms with Crippen LogP contribution in [0.5, 0.6) is 0 Å². The quantitative estimate of drug-likeness (QED) is 0.571. The smallest absolute Gasteiger partial charge is 0.269 e. The standard InChI is InChI=1S/C16H13BrN2O3S/c1-10-7-12(5-6-14(10)17)18-15(20)9-23-16(18)11-3-2-4-13(8-11)19(21)22/h2-8,16H,9H2,1H3. The summed E-state index contributed by atoms with van der Waals surface area (Å²) in [5, 5.41) is 10.7. The molecule has 1 atom stereocenters. The molecule has 1 fully saturated rings. The number of non-ortho nitro benzene ring substituents is 1. The van der Waals surface area contributed by atoms with Crippen LogP contribution in [0, 0.1) is 17.0 Å². The number of carbonyl (C=O) groups is 1. The van der Waals surface area contributed by atoms with Gasteiger partial charge in [0.25, 0.3) is 5.69 Å². The van der Waals surface area contributed by atoms with Gasteiger partial charge >= 0.3 is 0 Å². The highest BCUT2D eigenvalue weighted by molar-refractivity contribution is 9.10. The van der Waals surface area contributed by atoms with E-state index < -0.39 is 4.92 Å². The van der Waals surface area contributed by atoms with Gasteiger partial charge in [-0.2, -0.15) is 0 Å². The number of hydrogen-bond acceptors (Lipinski definition) is 4.